The quantitative estimate of drug-likeness (QED) is 0.473. The van der Waals surface area contributed by atoms with Crippen LogP contribution in [0.15, 0.2) is 48.5 Å². The number of non-ortho nitro benzene ring substituents is 1. The molecule has 0 saturated heterocycles. The van der Waals surface area contributed by atoms with Crippen LogP contribution in [0.4, 0.5) is 10.1 Å². The number of aromatic nitrogens is 1. The summed E-state index contributed by atoms with van der Waals surface area (Å²) in [6.07, 6.45) is 2.51. The summed E-state index contributed by atoms with van der Waals surface area (Å²) in [5.41, 5.74) is 2.16. The van der Waals surface area contributed by atoms with Crippen molar-refractivity contribution in [2.75, 3.05) is 0 Å². The molecule has 1 heterocycles. The van der Waals surface area contributed by atoms with Crippen molar-refractivity contribution in [2.24, 2.45) is 0 Å². The lowest BCUT2D eigenvalue weighted by Crippen LogP contribution is -2.00. The number of rotatable bonds is 5. The first-order valence-corrected chi connectivity index (χ1v) is 7.93. The van der Waals surface area contributed by atoms with Gasteiger partial charge in [-0.05, 0) is 36.6 Å². The molecule has 3 rings (SSSR count). The highest BCUT2D eigenvalue weighted by Gasteiger charge is 2.16. The molecule has 0 radical (unpaired) electrons. The molecule has 1 aromatic heterocycles. The second kappa shape index (κ2) is 6.74. The maximum absolute atomic E-state index is 15.1. The van der Waals surface area contributed by atoms with Crippen LogP contribution < -0.4 is 0 Å². The summed E-state index contributed by atoms with van der Waals surface area (Å²) in [6.45, 7) is 2.07. The number of benzene rings is 2. The first-order valence-electron chi connectivity index (χ1n) is 7.93. The Kier molecular flexibility index (Phi) is 4.51. The average Bonchev–Trinajstić information content (AvgIpc) is 2.60. The van der Waals surface area contributed by atoms with Crippen LogP contribution in [0.3, 0.4) is 0 Å². The Hall–Kier alpha value is -2.82. The second-order valence-corrected chi connectivity index (χ2v) is 5.68. The zero-order valence-electron chi connectivity index (χ0n) is 13.3. The topological polar surface area (TPSA) is 56.0 Å². The van der Waals surface area contributed by atoms with Gasteiger partial charge in [-0.2, -0.15) is 0 Å². The number of hydrogen-bond donors (Lipinski definition) is 0. The molecule has 24 heavy (non-hydrogen) atoms. The van der Waals surface area contributed by atoms with Gasteiger partial charge in [0.2, 0.25) is 0 Å². The van der Waals surface area contributed by atoms with E-state index in [1.54, 1.807) is 12.1 Å². The molecule has 4 nitrogen and oxygen atoms in total. The Balaban J connectivity index is 2.16. The van der Waals surface area contributed by atoms with Gasteiger partial charge in [0, 0.05) is 23.1 Å². The number of nitro benzene ring substituents is 1. The molecule has 0 N–H and O–H groups in total. The van der Waals surface area contributed by atoms with E-state index in [2.05, 4.69) is 11.9 Å². The molecule has 0 aliphatic heterocycles. The van der Waals surface area contributed by atoms with E-state index in [9.17, 15) is 10.1 Å². The van der Waals surface area contributed by atoms with Crippen molar-refractivity contribution < 1.29 is 9.31 Å². The van der Waals surface area contributed by atoms with Gasteiger partial charge in [-0.1, -0.05) is 31.5 Å². The van der Waals surface area contributed by atoms with Crippen molar-refractivity contribution in [3.63, 3.8) is 0 Å². The lowest BCUT2D eigenvalue weighted by atomic mass is 9.99. The highest BCUT2D eigenvalue weighted by Crippen LogP contribution is 2.30. The molecule has 5 heteroatoms. The monoisotopic (exact) mass is 324 g/mol. The van der Waals surface area contributed by atoms with Gasteiger partial charge in [-0.3, -0.25) is 10.1 Å². The normalized spacial score (nSPS) is 10.9. The molecule has 0 fully saturated rings. The molecular weight excluding hydrogens is 307 g/mol. The van der Waals surface area contributed by atoms with Gasteiger partial charge >= 0.3 is 0 Å². The molecule has 122 valence electrons. The minimum atomic E-state index is -0.472. The highest BCUT2D eigenvalue weighted by molar-refractivity contribution is 5.85. The third kappa shape index (κ3) is 2.97. The van der Waals surface area contributed by atoms with E-state index < -0.39 is 4.92 Å². The Morgan fingerprint density at radius 2 is 1.83 bits per heavy atom. The van der Waals surface area contributed by atoms with Gasteiger partial charge in [0.05, 0.1) is 10.4 Å². The van der Waals surface area contributed by atoms with E-state index >= 15 is 4.39 Å². The number of pyridine rings is 1. The number of para-hydroxylation sites is 1. The van der Waals surface area contributed by atoms with Gasteiger partial charge in [0.1, 0.15) is 5.69 Å². The van der Waals surface area contributed by atoms with Crippen LogP contribution in [-0.4, -0.2) is 9.91 Å². The molecule has 0 amide bonds. The van der Waals surface area contributed by atoms with Crippen molar-refractivity contribution in [1.82, 2.24) is 4.98 Å². The third-order valence-corrected chi connectivity index (χ3v) is 4.07. The largest absolute Gasteiger partial charge is 0.269 e. The number of hydrogen-bond acceptors (Lipinski definition) is 3. The average molecular weight is 324 g/mol. The standard InChI is InChI=1S/C19H17FN2O2/c1-2-3-6-16-15-7-4-5-8-17(15)21-19(18(16)20)13-9-11-14(12-10-13)22(23)24/h4-5,7-12H,2-3,6H2,1H3. The van der Waals surface area contributed by atoms with Gasteiger partial charge in [-0.25, -0.2) is 9.37 Å². The minimum absolute atomic E-state index is 0.0221. The molecule has 0 unspecified atom stereocenters. The fourth-order valence-corrected chi connectivity index (χ4v) is 2.79. The summed E-state index contributed by atoms with van der Waals surface area (Å²) in [7, 11) is 0. The summed E-state index contributed by atoms with van der Waals surface area (Å²) in [4.78, 5) is 14.8. The van der Waals surface area contributed by atoms with Crippen molar-refractivity contribution in [3.8, 4) is 11.3 Å². The van der Waals surface area contributed by atoms with Crippen molar-refractivity contribution in [3.05, 3.63) is 70.0 Å². The first-order chi connectivity index (χ1) is 11.6. The smallest absolute Gasteiger partial charge is 0.258 e. The summed E-state index contributed by atoms with van der Waals surface area (Å²) < 4.78 is 15.1. The Morgan fingerprint density at radius 3 is 2.50 bits per heavy atom. The third-order valence-electron chi connectivity index (χ3n) is 4.07. The van der Waals surface area contributed by atoms with Crippen molar-refractivity contribution in [1.29, 1.82) is 0 Å². The predicted octanol–water partition coefficient (Wildman–Crippen LogP) is 5.29. The minimum Gasteiger partial charge on any atom is -0.258 e. The van der Waals surface area contributed by atoms with Crippen LogP contribution in [0.1, 0.15) is 25.3 Å². The lowest BCUT2D eigenvalue weighted by molar-refractivity contribution is -0.384. The SMILES string of the molecule is CCCCc1c(F)c(-c2ccc([N+](=O)[O-])cc2)nc2ccccc12. The number of unbranched alkanes of at least 4 members (excludes halogenated alkanes) is 1. The van der Waals surface area contributed by atoms with Crippen LogP contribution >= 0.6 is 0 Å². The summed E-state index contributed by atoms with van der Waals surface area (Å²) in [5, 5.41) is 11.6. The van der Waals surface area contributed by atoms with Gasteiger partial charge < -0.3 is 0 Å². The zero-order valence-corrected chi connectivity index (χ0v) is 13.3. The van der Waals surface area contributed by atoms with Crippen LogP contribution in [0.5, 0.6) is 0 Å². The number of halogens is 1. The van der Waals surface area contributed by atoms with E-state index in [-0.39, 0.29) is 17.2 Å². The van der Waals surface area contributed by atoms with E-state index in [1.807, 2.05) is 24.3 Å². The second-order valence-electron chi connectivity index (χ2n) is 5.68. The summed E-state index contributed by atoms with van der Waals surface area (Å²) >= 11 is 0. The van der Waals surface area contributed by atoms with E-state index in [1.165, 1.54) is 12.1 Å². The van der Waals surface area contributed by atoms with E-state index in [0.717, 1.165) is 23.7 Å². The molecule has 0 bridgehead atoms. The summed E-state index contributed by atoms with van der Waals surface area (Å²) in [6, 6.07) is 13.3. The predicted molar refractivity (Wildman–Crippen MR) is 92.4 cm³/mol. The number of nitrogens with zero attached hydrogens (tertiary/aromatic N) is 2. The summed E-state index contributed by atoms with van der Waals surface area (Å²) in [5.74, 6) is -0.337. The van der Waals surface area contributed by atoms with Crippen molar-refractivity contribution in [2.45, 2.75) is 26.2 Å². The number of aryl methyl sites for hydroxylation is 1. The van der Waals surface area contributed by atoms with Crippen LogP contribution in [0, 0.1) is 15.9 Å². The fraction of sp³-hybridized carbons (Fsp3) is 0.211. The Bertz CT molecular complexity index is 892. The number of fused-ring (bicyclic) bond motifs is 1. The van der Waals surface area contributed by atoms with Gasteiger partial charge in [-0.15, -0.1) is 0 Å². The highest BCUT2D eigenvalue weighted by atomic mass is 19.1. The van der Waals surface area contributed by atoms with E-state index in [0.29, 0.717) is 17.5 Å². The molecule has 2 aromatic carbocycles. The van der Waals surface area contributed by atoms with E-state index in [4.69, 9.17) is 0 Å². The molecule has 0 aliphatic carbocycles. The molecular formula is C19H17FN2O2. The molecule has 0 spiro atoms. The maximum atomic E-state index is 15.1. The van der Waals surface area contributed by atoms with Crippen LogP contribution in [0.25, 0.3) is 22.2 Å². The maximum Gasteiger partial charge on any atom is 0.269 e. The molecule has 0 saturated carbocycles. The molecule has 3 aromatic rings. The lowest BCUT2D eigenvalue weighted by Gasteiger charge is -2.12. The number of nitro groups is 1. The Morgan fingerprint density at radius 1 is 1.12 bits per heavy atom. The first kappa shape index (κ1) is 16.1. The van der Waals surface area contributed by atoms with Crippen molar-refractivity contribution >= 4 is 16.6 Å². The zero-order chi connectivity index (χ0) is 17.1. The van der Waals surface area contributed by atoms with Crippen LogP contribution in [-0.2, 0) is 6.42 Å². The molecule has 0 atom stereocenters. The Labute approximate surface area is 139 Å². The van der Waals surface area contributed by atoms with Gasteiger partial charge in [0.25, 0.3) is 5.69 Å². The van der Waals surface area contributed by atoms with Crippen LogP contribution in [0.2, 0.25) is 0 Å². The molecule has 0 aliphatic rings. The van der Waals surface area contributed by atoms with Gasteiger partial charge in [0.15, 0.2) is 5.82 Å². The fourth-order valence-electron chi connectivity index (χ4n) is 2.79.